The number of anilines is 1. The molecule has 0 aliphatic carbocycles. The van der Waals surface area contributed by atoms with Crippen LogP contribution in [0.2, 0.25) is 0 Å². The number of hydrogen-bond acceptors (Lipinski definition) is 6. The van der Waals surface area contributed by atoms with Crippen LogP contribution in [0.4, 0.5) is 5.82 Å². The molecule has 6 nitrogen and oxygen atoms in total. The van der Waals surface area contributed by atoms with Gasteiger partial charge in [-0.1, -0.05) is 6.07 Å². The molecule has 128 valence electrons. The predicted molar refractivity (Wildman–Crippen MR) is 93.0 cm³/mol. The van der Waals surface area contributed by atoms with E-state index < -0.39 is 18.3 Å². The Bertz CT molecular complexity index is 526. The first-order valence-electron chi connectivity index (χ1n) is 8.08. The highest BCUT2D eigenvalue weighted by Gasteiger charge is 2.40. The fraction of sp³-hybridized carbons (Fsp3) is 0.688. The van der Waals surface area contributed by atoms with Gasteiger partial charge in [-0.2, -0.15) is 0 Å². The Kier molecular flexibility index (Phi) is 5.35. The summed E-state index contributed by atoms with van der Waals surface area (Å²) in [5.41, 5.74) is -1.35. The lowest BCUT2D eigenvalue weighted by Crippen LogP contribution is -2.54. The first kappa shape index (κ1) is 18.2. The normalized spacial score (nSPS) is 17.4. The van der Waals surface area contributed by atoms with Gasteiger partial charge in [-0.15, -0.1) is 0 Å². The number of piperazine rings is 1. The van der Waals surface area contributed by atoms with Gasteiger partial charge in [0.25, 0.3) is 0 Å². The van der Waals surface area contributed by atoms with Crippen molar-refractivity contribution in [3.05, 3.63) is 18.3 Å². The van der Waals surface area contributed by atoms with E-state index in [0.717, 1.165) is 32.0 Å². The van der Waals surface area contributed by atoms with Crippen molar-refractivity contribution in [2.45, 2.75) is 38.9 Å². The zero-order chi connectivity index (χ0) is 17.3. The van der Waals surface area contributed by atoms with Crippen LogP contribution in [-0.4, -0.2) is 71.6 Å². The van der Waals surface area contributed by atoms with Gasteiger partial charge in [-0.25, -0.2) is 4.98 Å². The SMILES string of the molecule is CN1CCN(c2ncccc2B(O)OC(C)(C)C(C)(C)O)CC1. The van der Waals surface area contributed by atoms with Crippen LogP contribution in [0.3, 0.4) is 0 Å². The van der Waals surface area contributed by atoms with E-state index in [1.165, 1.54) is 0 Å². The van der Waals surface area contributed by atoms with Crippen LogP contribution < -0.4 is 10.4 Å². The number of pyridine rings is 1. The second-order valence-corrected chi connectivity index (χ2v) is 7.25. The molecule has 1 aromatic rings. The summed E-state index contributed by atoms with van der Waals surface area (Å²) in [5.74, 6) is 0.750. The minimum Gasteiger partial charge on any atom is -0.423 e. The lowest BCUT2D eigenvalue weighted by atomic mass is 9.76. The van der Waals surface area contributed by atoms with Crippen molar-refractivity contribution in [3.8, 4) is 0 Å². The van der Waals surface area contributed by atoms with E-state index in [1.807, 2.05) is 6.07 Å². The fourth-order valence-electron chi connectivity index (χ4n) is 2.37. The van der Waals surface area contributed by atoms with Crippen molar-refractivity contribution in [3.63, 3.8) is 0 Å². The molecule has 0 saturated carbocycles. The van der Waals surface area contributed by atoms with Gasteiger partial charge >= 0.3 is 7.12 Å². The van der Waals surface area contributed by atoms with Crippen molar-refractivity contribution < 1.29 is 14.8 Å². The van der Waals surface area contributed by atoms with Crippen molar-refractivity contribution >= 4 is 18.4 Å². The molecule has 1 aliphatic rings. The van der Waals surface area contributed by atoms with Crippen LogP contribution in [-0.2, 0) is 4.65 Å². The lowest BCUT2D eigenvalue weighted by molar-refractivity contribution is -0.0982. The minimum absolute atomic E-state index is 0.634. The summed E-state index contributed by atoms with van der Waals surface area (Å²) in [6.07, 6.45) is 1.73. The molecule has 0 unspecified atom stereocenters. The van der Waals surface area contributed by atoms with Gasteiger partial charge in [0.05, 0.1) is 11.2 Å². The molecule has 1 aromatic heterocycles. The highest BCUT2D eigenvalue weighted by atomic mass is 16.5. The molecular weight excluding hydrogens is 293 g/mol. The van der Waals surface area contributed by atoms with Gasteiger partial charge in [0, 0.05) is 37.8 Å². The molecule has 0 aromatic carbocycles. The average Bonchev–Trinajstić information content (AvgIpc) is 2.46. The monoisotopic (exact) mass is 321 g/mol. The van der Waals surface area contributed by atoms with E-state index in [0.29, 0.717) is 5.46 Å². The van der Waals surface area contributed by atoms with E-state index in [9.17, 15) is 10.1 Å². The first-order valence-corrected chi connectivity index (χ1v) is 8.08. The number of nitrogens with zero attached hydrogens (tertiary/aromatic N) is 3. The summed E-state index contributed by atoms with van der Waals surface area (Å²) in [5, 5.41) is 20.8. The third kappa shape index (κ3) is 4.23. The molecule has 1 saturated heterocycles. The zero-order valence-electron chi connectivity index (χ0n) is 14.8. The number of rotatable bonds is 5. The molecule has 23 heavy (non-hydrogen) atoms. The second kappa shape index (κ2) is 6.77. The number of likely N-dealkylation sites (N-methyl/N-ethyl adjacent to an activating group) is 1. The average molecular weight is 321 g/mol. The molecular formula is C16H28BN3O3. The van der Waals surface area contributed by atoms with E-state index >= 15 is 0 Å². The maximum Gasteiger partial charge on any atom is 0.495 e. The predicted octanol–water partition coefficient (Wildman–Crippen LogP) is 0.0870. The van der Waals surface area contributed by atoms with Gasteiger partial charge in [-0.05, 0) is 40.8 Å². The number of aliphatic hydroxyl groups is 1. The van der Waals surface area contributed by atoms with Crippen molar-refractivity contribution in [1.82, 2.24) is 9.88 Å². The quantitative estimate of drug-likeness (QED) is 0.749. The van der Waals surface area contributed by atoms with Crippen LogP contribution in [0.15, 0.2) is 18.3 Å². The molecule has 0 radical (unpaired) electrons. The summed E-state index contributed by atoms with van der Waals surface area (Å²) in [6.45, 7) is 10.5. The lowest BCUT2D eigenvalue weighted by Gasteiger charge is -2.39. The third-order valence-electron chi connectivity index (χ3n) is 4.77. The van der Waals surface area contributed by atoms with Crippen LogP contribution in [0, 0.1) is 0 Å². The first-order chi connectivity index (χ1) is 10.6. The summed E-state index contributed by atoms with van der Waals surface area (Å²) in [7, 11) is 0.959. The van der Waals surface area contributed by atoms with Crippen LogP contribution in [0.5, 0.6) is 0 Å². The number of aromatic nitrogens is 1. The highest BCUT2D eigenvalue weighted by molar-refractivity contribution is 6.61. The van der Waals surface area contributed by atoms with Crippen molar-refractivity contribution in [2.75, 3.05) is 38.1 Å². The zero-order valence-corrected chi connectivity index (χ0v) is 14.8. The van der Waals surface area contributed by atoms with Crippen LogP contribution >= 0.6 is 0 Å². The Morgan fingerprint density at radius 1 is 1.17 bits per heavy atom. The van der Waals surface area contributed by atoms with Gasteiger partial charge in [0.2, 0.25) is 0 Å². The molecule has 2 heterocycles. The fourth-order valence-corrected chi connectivity index (χ4v) is 2.37. The molecule has 7 heteroatoms. The van der Waals surface area contributed by atoms with Crippen LogP contribution in [0.1, 0.15) is 27.7 Å². The Morgan fingerprint density at radius 3 is 2.35 bits per heavy atom. The topological polar surface area (TPSA) is 69.1 Å². The van der Waals surface area contributed by atoms with Gasteiger partial charge < -0.3 is 24.6 Å². The maximum absolute atomic E-state index is 10.6. The van der Waals surface area contributed by atoms with E-state index in [2.05, 4.69) is 21.8 Å². The van der Waals surface area contributed by atoms with Gasteiger partial charge in [0.15, 0.2) is 0 Å². The Labute approximate surface area is 139 Å². The van der Waals surface area contributed by atoms with E-state index in [4.69, 9.17) is 4.65 Å². The Balaban J connectivity index is 2.20. The molecule has 0 atom stereocenters. The molecule has 2 rings (SSSR count). The van der Waals surface area contributed by atoms with E-state index in [1.54, 1.807) is 40.0 Å². The molecule has 2 N–H and O–H groups in total. The second-order valence-electron chi connectivity index (χ2n) is 7.25. The largest absolute Gasteiger partial charge is 0.495 e. The summed E-state index contributed by atoms with van der Waals surface area (Å²) >= 11 is 0. The molecule has 1 aliphatic heterocycles. The Morgan fingerprint density at radius 2 is 1.78 bits per heavy atom. The smallest absolute Gasteiger partial charge is 0.423 e. The molecule has 1 fully saturated rings. The molecule has 0 spiro atoms. The van der Waals surface area contributed by atoms with Crippen LogP contribution in [0.25, 0.3) is 0 Å². The summed E-state index contributed by atoms with van der Waals surface area (Å²) in [6, 6.07) is 3.62. The van der Waals surface area contributed by atoms with Crippen molar-refractivity contribution in [2.24, 2.45) is 0 Å². The standard InChI is InChI=1S/C16H28BN3O3/c1-15(2,21)16(3,4)23-17(22)13-7-6-8-18-14(13)20-11-9-19(5)10-12-20/h6-8,21-22H,9-12H2,1-5H3. The van der Waals surface area contributed by atoms with E-state index in [-0.39, 0.29) is 0 Å². The third-order valence-corrected chi connectivity index (χ3v) is 4.77. The molecule has 0 bridgehead atoms. The number of hydrogen-bond donors (Lipinski definition) is 2. The van der Waals surface area contributed by atoms with Gasteiger partial charge in [0.1, 0.15) is 5.82 Å². The maximum atomic E-state index is 10.6. The molecule has 0 amide bonds. The Hall–Kier alpha value is -1.15. The summed E-state index contributed by atoms with van der Waals surface area (Å²) in [4.78, 5) is 8.88. The van der Waals surface area contributed by atoms with Crippen molar-refractivity contribution in [1.29, 1.82) is 0 Å². The summed E-state index contributed by atoms with van der Waals surface area (Å²) < 4.78 is 5.77. The highest BCUT2D eigenvalue weighted by Crippen LogP contribution is 2.26. The minimum atomic E-state index is -1.14. The van der Waals surface area contributed by atoms with Gasteiger partial charge in [-0.3, -0.25) is 0 Å².